The summed E-state index contributed by atoms with van der Waals surface area (Å²) in [6, 6.07) is 13.2. The molecule has 0 aromatic heterocycles. The Morgan fingerprint density at radius 1 is 1.12 bits per heavy atom. The van der Waals surface area contributed by atoms with Crippen molar-refractivity contribution in [2.24, 2.45) is 0 Å². The van der Waals surface area contributed by atoms with E-state index in [0.29, 0.717) is 17.0 Å². The van der Waals surface area contributed by atoms with Gasteiger partial charge in [0.2, 0.25) is 5.91 Å². The number of anilines is 1. The number of para-hydroxylation sites is 1. The van der Waals surface area contributed by atoms with Gasteiger partial charge in [-0.15, -0.1) is 0 Å². The predicted octanol–water partition coefficient (Wildman–Crippen LogP) is 2.47. The molecule has 9 heteroatoms. The molecule has 0 atom stereocenters. The highest BCUT2D eigenvalue weighted by molar-refractivity contribution is 6.16. The minimum Gasteiger partial charge on any atom is -0.481 e. The highest BCUT2D eigenvalue weighted by atomic mass is 16.6. The molecule has 3 rings (SSSR count). The Morgan fingerprint density at radius 2 is 1.91 bits per heavy atom. The minimum atomic E-state index is -0.703. The van der Waals surface area contributed by atoms with Crippen LogP contribution in [0.1, 0.15) is 18.1 Å². The highest BCUT2D eigenvalue weighted by Gasteiger charge is 2.35. The molecule has 9 nitrogen and oxygen atoms in total. The number of carbonyl (C=O) groups excluding carboxylic acids is 4. The van der Waals surface area contributed by atoms with E-state index in [1.807, 2.05) is 13.0 Å². The van der Waals surface area contributed by atoms with Crippen LogP contribution in [0.2, 0.25) is 0 Å². The molecule has 2 aromatic carbocycles. The van der Waals surface area contributed by atoms with Crippen LogP contribution in [0.25, 0.3) is 6.08 Å². The molecule has 2 aromatic rings. The van der Waals surface area contributed by atoms with E-state index in [1.54, 1.807) is 49.4 Å². The molecule has 0 radical (unpaired) electrons. The number of amides is 4. The zero-order valence-corrected chi connectivity index (χ0v) is 17.7. The first-order valence-electron chi connectivity index (χ1n) is 9.96. The van der Waals surface area contributed by atoms with Crippen LogP contribution in [-0.4, -0.2) is 48.5 Å². The maximum absolute atomic E-state index is 12.7. The van der Waals surface area contributed by atoms with Crippen LogP contribution in [0, 0.1) is 6.92 Å². The number of ether oxygens (including phenoxy) is 2. The molecule has 0 unspecified atom stereocenters. The number of nitrogens with zero attached hydrogens (tertiary/aromatic N) is 1. The van der Waals surface area contributed by atoms with E-state index in [9.17, 15) is 19.2 Å². The number of imide groups is 1. The van der Waals surface area contributed by atoms with Crippen LogP contribution in [-0.2, 0) is 19.1 Å². The van der Waals surface area contributed by atoms with Crippen molar-refractivity contribution in [3.8, 4) is 5.75 Å². The average Bonchev–Trinajstić information content (AvgIpc) is 3.00. The van der Waals surface area contributed by atoms with Crippen molar-refractivity contribution in [1.29, 1.82) is 0 Å². The lowest BCUT2D eigenvalue weighted by Crippen LogP contribution is -2.38. The number of esters is 1. The molecule has 0 aliphatic carbocycles. The smallest absolute Gasteiger partial charge is 0.344 e. The quantitative estimate of drug-likeness (QED) is 0.373. The fourth-order valence-corrected chi connectivity index (χ4v) is 3.01. The Kier molecular flexibility index (Phi) is 7.22. The van der Waals surface area contributed by atoms with Crippen molar-refractivity contribution in [3.05, 3.63) is 65.4 Å². The zero-order chi connectivity index (χ0) is 23.1. The van der Waals surface area contributed by atoms with Crippen LogP contribution in [0.5, 0.6) is 5.75 Å². The number of rotatable bonds is 8. The molecule has 32 heavy (non-hydrogen) atoms. The Labute approximate surface area is 185 Å². The summed E-state index contributed by atoms with van der Waals surface area (Å²) in [7, 11) is 0. The third-order valence-electron chi connectivity index (χ3n) is 4.44. The summed E-state index contributed by atoms with van der Waals surface area (Å²) in [5.41, 5.74) is 2.01. The average molecular weight is 437 g/mol. The van der Waals surface area contributed by atoms with Crippen molar-refractivity contribution < 1.29 is 28.7 Å². The van der Waals surface area contributed by atoms with E-state index in [1.165, 1.54) is 6.08 Å². The summed E-state index contributed by atoms with van der Waals surface area (Å²) in [5.74, 6) is -1.33. The largest absolute Gasteiger partial charge is 0.481 e. The molecule has 0 bridgehead atoms. The van der Waals surface area contributed by atoms with Crippen LogP contribution >= 0.6 is 0 Å². The number of carbonyl (C=O) groups is 4. The van der Waals surface area contributed by atoms with Crippen LogP contribution < -0.4 is 15.4 Å². The Morgan fingerprint density at radius 3 is 2.66 bits per heavy atom. The van der Waals surface area contributed by atoms with Crippen LogP contribution in [0.15, 0.2) is 54.2 Å². The molecular weight excluding hydrogens is 414 g/mol. The van der Waals surface area contributed by atoms with E-state index in [-0.39, 0.29) is 18.9 Å². The maximum atomic E-state index is 12.7. The molecule has 2 N–H and O–H groups in total. The number of aryl methyl sites for hydroxylation is 1. The lowest BCUT2D eigenvalue weighted by molar-refractivity contribution is -0.145. The van der Waals surface area contributed by atoms with Crippen molar-refractivity contribution in [2.45, 2.75) is 13.8 Å². The number of hydrogen-bond donors (Lipinski definition) is 2. The van der Waals surface area contributed by atoms with E-state index >= 15 is 0 Å². The fraction of sp³-hybridized carbons (Fsp3) is 0.217. The number of nitrogens with one attached hydrogen (secondary N) is 2. The second kappa shape index (κ2) is 10.3. The number of benzene rings is 2. The van der Waals surface area contributed by atoms with Gasteiger partial charge in [0, 0.05) is 11.3 Å². The van der Waals surface area contributed by atoms with Gasteiger partial charge < -0.3 is 20.1 Å². The topological polar surface area (TPSA) is 114 Å². The van der Waals surface area contributed by atoms with Crippen LogP contribution in [0.4, 0.5) is 10.5 Å². The minimum absolute atomic E-state index is 0.00876. The third-order valence-corrected chi connectivity index (χ3v) is 4.44. The third kappa shape index (κ3) is 5.72. The van der Waals surface area contributed by atoms with Gasteiger partial charge in [0.15, 0.2) is 6.61 Å². The van der Waals surface area contributed by atoms with E-state index < -0.39 is 30.4 Å². The van der Waals surface area contributed by atoms with Gasteiger partial charge >= 0.3 is 12.0 Å². The molecule has 1 fully saturated rings. The van der Waals surface area contributed by atoms with Gasteiger partial charge in [-0.2, -0.15) is 0 Å². The lowest BCUT2D eigenvalue weighted by atomic mass is 10.1. The Hall–Kier alpha value is -4.14. The predicted molar refractivity (Wildman–Crippen MR) is 117 cm³/mol. The molecule has 1 aliphatic rings. The highest BCUT2D eigenvalue weighted by Crippen LogP contribution is 2.23. The second-order valence-electron chi connectivity index (χ2n) is 6.93. The lowest BCUT2D eigenvalue weighted by Gasteiger charge is -2.12. The van der Waals surface area contributed by atoms with Crippen molar-refractivity contribution in [3.63, 3.8) is 0 Å². The van der Waals surface area contributed by atoms with Crippen molar-refractivity contribution >= 4 is 35.6 Å². The van der Waals surface area contributed by atoms with Crippen LogP contribution in [0.3, 0.4) is 0 Å². The van der Waals surface area contributed by atoms with Crippen molar-refractivity contribution in [2.75, 3.05) is 25.1 Å². The zero-order valence-electron chi connectivity index (χ0n) is 17.7. The van der Waals surface area contributed by atoms with Gasteiger partial charge in [-0.05, 0) is 43.7 Å². The van der Waals surface area contributed by atoms with Gasteiger partial charge in [0.25, 0.3) is 5.91 Å². The molecular formula is C23H23N3O6. The molecule has 0 saturated carbocycles. The van der Waals surface area contributed by atoms with Gasteiger partial charge in [0.05, 0.1) is 6.61 Å². The van der Waals surface area contributed by atoms with Gasteiger partial charge in [0.1, 0.15) is 18.0 Å². The standard InChI is InChI=1S/C23H23N3O6/c1-3-31-21(28)14-32-19-10-5-4-8-16(19)12-18-22(29)26(23(30)25-18)13-20(27)24-17-9-6-7-15(2)11-17/h4-12H,3,13-14H2,1-2H3,(H,24,27)(H,25,30)/b18-12+. The molecule has 4 amide bonds. The summed E-state index contributed by atoms with van der Waals surface area (Å²) >= 11 is 0. The monoisotopic (exact) mass is 437 g/mol. The molecule has 1 saturated heterocycles. The van der Waals surface area contributed by atoms with E-state index in [2.05, 4.69) is 10.6 Å². The molecule has 1 aliphatic heterocycles. The molecule has 1 heterocycles. The van der Waals surface area contributed by atoms with Gasteiger partial charge in [-0.1, -0.05) is 30.3 Å². The van der Waals surface area contributed by atoms with E-state index in [0.717, 1.165) is 10.5 Å². The summed E-state index contributed by atoms with van der Waals surface area (Å²) in [6.07, 6.45) is 1.43. The van der Waals surface area contributed by atoms with Gasteiger partial charge in [-0.25, -0.2) is 14.5 Å². The normalized spacial score (nSPS) is 14.3. The summed E-state index contributed by atoms with van der Waals surface area (Å²) in [6.45, 7) is 3.09. The first kappa shape index (κ1) is 22.5. The first-order valence-corrected chi connectivity index (χ1v) is 9.96. The fourth-order valence-electron chi connectivity index (χ4n) is 3.01. The summed E-state index contributed by atoms with van der Waals surface area (Å²) in [5, 5.41) is 5.13. The molecule has 166 valence electrons. The van der Waals surface area contributed by atoms with Gasteiger partial charge in [-0.3, -0.25) is 9.59 Å². The SMILES string of the molecule is CCOC(=O)COc1ccccc1/C=C1/NC(=O)N(CC(=O)Nc2cccc(C)c2)C1=O. The number of urea groups is 1. The first-order chi connectivity index (χ1) is 15.4. The second-order valence-corrected chi connectivity index (χ2v) is 6.93. The summed E-state index contributed by atoms with van der Waals surface area (Å²) < 4.78 is 10.3. The maximum Gasteiger partial charge on any atom is 0.344 e. The Bertz CT molecular complexity index is 1080. The Balaban J connectivity index is 1.69. The number of hydrogen-bond acceptors (Lipinski definition) is 6. The van der Waals surface area contributed by atoms with E-state index in [4.69, 9.17) is 9.47 Å². The summed E-state index contributed by atoms with van der Waals surface area (Å²) in [4.78, 5) is 49.7. The molecule has 0 spiro atoms. The van der Waals surface area contributed by atoms with Crippen molar-refractivity contribution in [1.82, 2.24) is 10.2 Å².